The van der Waals surface area contributed by atoms with Crippen molar-refractivity contribution in [3.05, 3.63) is 17.7 Å². The van der Waals surface area contributed by atoms with E-state index in [0.717, 1.165) is 46.8 Å². The van der Waals surface area contributed by atoms with Crippen LogP contribution in [0.2, 0.25) is 0 Å². The SMILES string of the molecule is CC(=O)O.CC(=O)O.CC(=O)O.CC(=O)OC(OC(C)=O)c1c(O)ccc(O)c1O. The predicted octanol–water partition coefficient (Wildman–Crippen LogP) is 1.20. The average Bonchev–Trinajstić information content (AvgIpc) is 2.48. The van der Waals surface area contributed by atoms with Gasteiger partial charge in [-0.1, -0.05) is 0 Å². The molecule has 0 unspecified atom stereocenters. The number of carbonyl (C=O) groups is 5. The Kier molecular flexibility index (Phi) is 16.3. The fourth-order valence-corrected chi connectivity index (χ4v) is 1.26. The van der Waals surface area contributed by atoms with E-state index in [1.807, 2.05) is 0 Å². The summed E-state index contributed by atoms with van der Waals surface area (Å²) in [6, 6.07) is 2.09. The first-order valence-electron chi connectivity index (χ1n) is 7.69. The van der Waals surface area contributed by atoms with Crippen molar-refractivity contribution >= 4 is 29.8 Å². The molecule has 13 heteroatoms. The second-order valence-electron chi connectivity index (χ2n) is 4.97. The summed E-state index contributed by atoms with van der Waals surface area (Å²) in [5, 5.41) is 50.7. The number of aliphatic carboxylic acids is 3. The molecule has 1 aromatic rings. The lowest BCUT2D eigenvalue weighted by Gasteiger charge is -2.19. The Hall–Kier alpha value is -4.03. The Bertz CT molecular complexity index is 683. The van der Waals surface area contributed by atoms with Crippen LogP contribution in [-0.4, -0.2) is 60.5 Å². The van der Waals surface area contributed by atoms with E-state index in [4.69, 9.17) is 29.7 Å². The lowest BCUT2D eigenvalue weighted by Crippen LogP contribution is -2.15. The van der Waals surface area contributed by atoms with Gasteiger partial charge in [0.1, 0.15) is 11.3 Å². The number of phenolic OH excluding ortho intramolecular Hbond substituents is 3. The molecule has 0 amide bonds. The molecule has 0 bridgehead atoms. The Labute approximate surface area is 170 Å². The fraction of sp³-hybridized carbons (Fsp3) is 0.353. The summed E-state index contributed by atoms with van der Waals surface area (Å²) in [7, 11) is 0. The van der Waals surface area contributed by atoms with Gasteiger partial charge in [-0.3, -0.25) is 24.0 Å². The van der Waals surface area contributed by atoms with Crippen LogP contribution >= 0.6 is 0 Å². The molecule has 30 heavy (non-hydrogen) atoms. The maximum Gasteiger partial charge on any atom is 0.305 e. The van der Waals surface area contributed by atoms with Gasteiger partial charge in [-0.15, -0.1) is 0 Å². The van der Waals surface area contributed by atoms with Gasteiger partial charge in [0.05, 0.1) is 0 Å². The van der Waals surface area contributed by atoms with E-state index in [-0.39, 0.29) is 0 Å². The van der Waals surface area contributed by atoms with Crippen molar-refractivity contribution in [1.82, 2.24) is 0 Å². The van der Waals surface area contributed by atoms with Crippen LogP contribution < -0.4 is 0 Å². The number of aromatic hydroxyl groups is 3. The molecule has 1 aromatic carbocycles. The highest BCUT2D eigenvalue weighted by Crippen LogP contribution is 2.41. The fourth-order valence-electron chi connectivity index (χ4n) is 1.26. The molecule has 0 saturated heterocycles. The van der Waals surface area contributed by atoms with Gasteiger partial charge in [0.25, 0.3) is 24.2 Å². The molecule has 0 atom stereocenters. The summed E-state index contributed by atoms with van der Waals surface area (Å²) < 4.78 is 9.30. The molecule has 6 N–H and O–H groups in total. The Morgan fingerprint density at radius 3 is 1.20 bits per heavy atom. The number of ether oxygens (including phenoxy) is 2. The molecule has 0 heterocycles. The van der Waals surface area contributed by atoms with Crippen LogP contribution in [0.1, 0.15) is 46.5 Å². The highest BCUT2D eigenvalue weighted by molar-refractivity contribution is 5.69. The van der Waals surface area contributed by atoms with Crippen molar-refractivity contribution in [2.24, 2.45) is 0 Å². The van der Waals surface area contributed by atoms with Crippen molar-refractivity contribution in [3.8, 4) is 17.2 Å². The van der Waals surface area contributed by atoms with E-state index in [2.05, 4.69) is 9.47 Å². The molecule has 1 rings (SSSR count). The second kappa shape index (κ2) is 16.0. The first-order chi connectivity index (χ1) is 13.5. The minimum Gasteiger partial charge on any atom is -0.507 e. The molecule has 13 nitrogen and oxygen atoms in total. The highest BCUT2D eigenvalue weighted by atomic mass is 16.7. The zero-order chi connectivity index (χ0) is 24.6. The number of carboxylic acid groups (broad SMARTS) is 3. The Balaban J connectivity index is -0.000000498. The number of phenols is 3. The van der Waals surface area contributed by atoms with Crippen LogP contribution in [-0.2, 0) is 33.4 Å². The van der Waals surface area contributed by atoms with Gasteiger partial charge in [0.15, 0.2) is 11.5 Å². The van der Waals surface area contributed by atoms with Crippen LogP contribution in [0.25, 0.3) is 0 Å². The molecule has 0 aliphatic heterocycles. The minimum absolute atomic E-state index is 0.402. The smallest absolute Gasteiger partial charge is 0.305 e. The van der Waals surface area contributed by atoms with Gasteiger partial charge in [-0.05, 0) is 12.1 Å². The van der Waals surface area contributed by atoms with Crippen LogP contribution in [0.15, 0.2) is 12.1 Å². The van der Waals surface area contributed by atoms with Crippen molar-refractivity contribution in [2.45, 2.75) is 40.9 Å². The van der Waals surface area contributed by atoms with Crippen LogP contribution in [0, 0.1) is 0 Å². The lowest BCUT2D eigenvalue weighted by molar-refractivity contribution is -0.187. The third-order valence-corrected chi connectivity index (χ3v) is 1.95. The van der Waals surface area contributed by atoms with Gasteiger partial charge in [-0.2, -0.15) is 0 Å². The average molecular weight is 436 g/mol. The van der Waals surface area contributed by atoms with E-state index in [1.165, 1.54) is 0 Å². The monoisotopic (exact) mass is 436 g/mol. The van der Waals surface area contributed by atoms with E-state index >= 15 is 0 Å². The Morgan fingerprint density at radius 2 is 0.933 bits per heavy atom. The number of rotatable bonds is 3. The number of hydrogen-bond acceptors (Lipinski definition) is 10. The molecule has 170 valence electrons. The first kappa shape index (κ1) is 30.7. The van der Waals surface area contributed by atoms with E-state index < -0.39 is 58.9 Å². The van der Waals surface area contributed by atoms with Crippen molar-refractivity contribution < 1.29 is 64.1 Å². The number of benzene rings is 1. The molecule has 0 aliphatic rings. The first-order valence-corrected chi connectivity index (χ1v) is 7.69. The number of hydrogen-bond donors (Lipinski definition) is 6. The normalized spacial score (nSPS) is 8.60. The summed E-state index contributed by atoms with van der Waals surface area (Å²) in [5.41, 5.74) is -0.402. The van der Waals surface area contributed by atoms with E-state index in [9.17, 15) is 24.9 Å². The minimum atomic E-state index is -1.63. The third-order valence-electron chi connectivity index (χ3n) is 1.95. The number of esters is 2. The predicted molar refractivity (Wildman–Crippen MR) is 97.6 cm³/mol. The maximum absolute atomic E-state index is 10.9. The quantitative estimate of drug-likeness (QED) is 0.170. The van der Waals surface area contributed by atoms with Gasteiger partial charge in [-0.25, -0.2) is 0 Å². The zero-order valence-corrected chi connectivity index (χ0v) is 16.8. The van der Waals surface area contributed by atoms with Crippen molar-refractivity contribution in [3.63, 3.8) is 0 Å². The summed E-state index contributed by atoms with van der Waals surface area (Å²) >= 11 is 0. The van der Waals surface area contributed by atoms with Crippen LogP contribution in [0.5, 0.6) is 17.2 Å². The number of carbonyl (C=O) groups excluding carboxylic acids is 2. The lowest BCUT2D eigenvalue weighted by atomic mass is 10.1. The topological polar surface area (TPSA) is 225 Å². The Morgan fingerprint density at radius 1 is 0.667 bits per heavy atom. The summed E-state index contributed by atoms with van der Waals surface area (Å²) in [4.78, 5) is 48.8. The van der Waals surface area contributed by atoms with Gasteiger partial charge in [0, 0.05) is 34.6 Å². The highest BCUT2D eigenvalue weighted by Gasteiger charge is 2.27. The maximum atomic E-state index is 10.9. The summed E-state index contributed by atoms with van der Waals surface area (Å²) in [5.74, 6) is -5.85. The van der Waals surface area contributed by atoms with E-state index in [0.29, 0.717) is 0 Å². The van der Waals surface area contributed by atoms with Crippen LogP contribution in [0.3, 0.4) is 0 Å². The number of carboxylic acids is 3. The largest absolute Gasteiger partial charge is 0.507 e. The second-order valence-corrected chi connectivity index (χ2v) is 4.97. The third kappa shape index (κ3) is 20.3. The molecular weight excluding hydrogens is 412 g/mol. The zero-order valence-electron chi connectivity index (χ0n) is 16.8. The van der Waals surface area contributed by atoms with Crippen molar-refractivity contribution in [2.75, 3.05) is 0 Å². The molecule has 0 aliphatic carbocycles. The molecule has 0 radical (unpaired) electrons. The standard InChI is InChI=1S/C11H12O7.3C2H4O2/c1-5(12)17-11(18-6(2)13)9-7(14)3-4-8(15)10(9)16;3*1-2(3)4/h3-4,11,14-16H,1-2H3;3*1H3,(H,3,4). The van der Waals surface area contributed by atoms with Crippen molar-refractivity contribution in [1.29, 1.82) is 0 Å². The van der Waals surface area contributed by atoms with Gasteiger partial charge < -0.3 is 40.1 Å². The summed E-state index contributed by atoms with van der Waals surface area (Å²) in [6.07, 6.45) is -1.63. The van der Waals surface area contributed by atoms with E-state index in [1.54, 1.807) is 0 Å². The summed E-state index contributed by atoms with van der Waals surface area (Å²) in [6.45, 7) is 5.38. The van der Waals surface area contributed by atoms with Gasteiger partial charge in [0.2, 0.25) is 0 Å². The molecule has 0 fully saturated rings. The van der Waals surface area contributed by atoms with Crippen LogP contribution in [0.4, 0.5) is 0 Å². The van der Waals surface area contributed by atoms with Gasteiger partial charge >= 0.3 is 11.9 Å². The molecule has 0 spiro atoms. The molecule has 0 aromatic heterocycles. The molecular formula is C17H24O13. The molecule has 0 saturated carbocycles.